The van der Waals surface area contributed by atoms with Crippen LogP contribution in [0.5, 0.6) is 17.2 Å². The molecule has 4 atom stereocenters. The fraction of sp³-hybridized carbons (Fsp3) is 0.258. The topological polar surface area (TPSA) is 82.1 Å². The van der Waals surface area contributed by atoms with Crippen molar-refractivity contribution in [3.8, 4) is 17.2 Å². The normalized spacial score (nSPS) is 25.0. The molecule has 0 aromatic heterocycles. The number of carbonyl (C=O) groups excluding carboxylic acids is 3. The lowest BCUT2D eigenvalue weighted by molar-refractivity contribution is -0.142. The zero-order valence-electron chi connectivity index (χ0n) is 21.2. The van der Waals surface area contributed by atoms with Crippen LogP contribution in [0.3, 0.4) is 0 Å². The van der Waals surface area contributed by atoms with Crippen LogP contribution in [0.15, 0.2) is 60.7 Å². The Bertz CT molecular complexity index is 1600. The Morgan fingerprint density at radius 2 is 1.55 bits per heavy atom. The van der Waals surface area contributed by atoms with E-state index in [9.17, 15) is 14.4 Å². The molecule has 3 aromatic carbocycles. The maximum atomic E-state index is 14.1. The zero-order chi connectivity index (χ0) is 26.3. The lowest BCUT2D eigenvalue weighted by Gasteiger charge is -2.38. The van der Waals surface area contributed by atoms with Gasteiger partial charge in [-0.1, -0.05) is 30.3 Å². The average molecular weight is 508 g/mol. The number of amides is 2. The van der Waals surface area contributed by atoms with Gasteiger partial charge in [-0.05, 0) is 78.9 Å². The van der Waals surface area contributed by atoms with Gasteiger partial charge in [0.25, 0.3) is 0 Å². The predicted octanol–water partition coefficient (Wildman–Crippen LogP) is 4.86. The lowest BCUT2D eigenvalue weighted by atomic mass is 9.64. The van der Waals surface area contributed by atoms with E-state index in [0.29, 0.717) is 22.9 Å². The Hall–Kier alpha value is -4.39. The van der Waals surface area contributed by atoms with Gasteiger partial charge in [-0.15, -0.1) is 0 Å². The molecule has 1 aliphatic carbocycles. The molecule has 1 saturated heterocycles. The van der Waals surface area contributed by atoms with Gasteiger partial charge in [0.05, 0.1) is 23.4 Å². The van der Waals surface area contributed by atoms with Gasteiger partial charge in [0.15, 0.2) is 11.5 Å². The number of imide groups is 1. The summed E-state index contributed by atoms with van der Waals surface area (Å²) >= 11 is 0. The van der Waals surface area contributed by atoms with Crippen molar-refractivity contribution in [3.63, 3.8) is 0 Å². The predicted molar refractivity (Wildman–Crippen MR) is 139 cm³/mol. The number of hydrogen-bond acceptors (Lipinski definition) is 6. The van der Waals surface area contributed by atoms with E-state index in [4.69, 9.17) is 14.2 Å². The van der Waals surface area contributed by atoms with Gasteiger partial charge in [-0.3, -0.25) is 14.4 Å². The molecular formula is C31H25NO6. The van der Waals surface area contributed by atoms with Gasteiger partial charge in [0.2, 0.25) is 18.6 Å². The van der Waals surface area contributed by atoms with Gasteiger partial charge in [0.1, 0.15) is 5.75 Å². The molecule has 190 valence electrons. The summed E-state index contributed by atoms with van der Waals surface area (Å²) in [4.78, 5) is 42.9. The number of aryl methyl sites for hydroxylation is 3. The summed E-state index contributed by atoms with van der Waals surface area (Å²) in [7, 11) is 0. The first-order valence-electron chi connectivity index (χ1n) is 12.7. The molecule has 7 heteroatoms. The maximum Gasteiger partial charge on any atom is 0.319 e. The molecule has 3 heterocycles. The molecule has 2 amide bonds. The molecule has 7 rings (SSSR count). The fourth-order valence-electron chi connectivity index (χ4n) is 6.23. The summed E-state index contributed by atoms with van der Waals surface area (Å²) in [6.07, 6.45) is 1.98. The number of hydrogen-bond donors (Lipinski definition) is 0. The van der Waals surface area contributed by atoms with E-state index in [2.05, 4.69) is 0 Å². The van der Waals surface area contributed by atoms with Gasteiger partial charge < -0.3 is 14.2 Å². The average Bonchev–Trinajstić information content (AvgIpc) is 3.47. The summed E-state index contributed by atoms with van der Waals surface area (Å²) in [5, 5.41) is 0. The molecule has 38 heavy (non-hydrogen) atoms. The van der Waals surface area contributed by atoms with Crippen LogP contribution in [0.25, 0.3) is 5.57 Å². The van der Waals surface area contributed by atoms with Gasteiger partial charge in [-0.2, -0.15) is 0 Å². The molecule has 0 radical (unpaired) electrons. The highest BCUT2D eigenvalue weighted by atomic mass is 16.7. The Morgan fingerprint density at radius 1 is 0.763 bits per heavy atom. The molecule has 3 aromatic rings. The summed E-state index contributed by atoms with van der Waals surface area (Å²) in [5.74, 6) is -2.46. The fourth-order valence-corrected chi connectivity index (χ4v) is 6.23. The number of esters is 1. The molecule has 0 bridgehead atoms. The van der Waals surface area contributed by atoms with E-state index in [1.54, 1.807) is 6.07 Å². The first-order chi connectivity index (χ1) is 18.3. The summed E-state index contributed by atoms with van der Waals surface area (Å²) in [6, 6.07) is 16.9. The van der Waals surface area contributed by atoms with Gasteiger partial charge in [-0.25, -0.2) is 4.90 Å². The van der Waals surface area contributed by atoms with Crippen LogP contribution in [-0.2, 0) is 14.4 Å². The minimum atomic E-state index is -0.888. The first kappa shape index (κ1) is 22.8. The number of anilines is 1. The van der Waals surface area contributed by atoms with E-state index in [1.165, 1.54) is 4.90 Å². The van der Waals surface area contributed by atoms with Crippen LogP contribution in [0.4, 0.5) is 5.69 Å². The Balaban J connectivity index is 1.42. The van der Waals surface area contributed by atoms with Crippen LogP contribution >= 0.6 is 0 Å². The van der Waals surface area contributed by atoms with Crippen LogP contribution in [0, 0.1) is 38.5 Å². The second kappa shape index (κ2) is 8.05. The minimum absolute atomic E-state index is 0.134. The molecule has 1 fully saturated rings. The van der Waals surface area contributed by atoms with Crippen molar-refractivity contribution in [2.75, 3.05) is 11.7 Å². The van der Waals surface area contributed by atoms with Crippen molar-refractivity contribution in [1.82, 2.24) is 0 Å². The number of rotatable bonds is 2. The van der Waals surface area contributed by atoms with Crippen LogP contribution < -0.4 is 19.1 Å². The number of fused-ring (bicyclic) bond motifs is 6. The number of carbonyl (C=O) groups is 3. The van der Waals surface area contributed by atoms with Crippen LogP contribution in [-0.4, -0.2) is 24.6 Å². The summed E-state index contributed by atoms with van der Waals surface area (Å²) in [5.41, 5.74) is 5.84. The first-order valence-corrected chi connectivity index (χ1v) is 12.7. The second-order valence-electron chi connectivity index (χ2n) is 10.5. The molecule has 0 N–H and O–H groups in total. The molecule has 0 spiro atoms. The second-order valence-corrected chi connectivity index (χ2v) is 10.5. The van der Waals surface area contributed by atoms with Crippen molar-refractivity contribution in [2.45, 2.75) is 26.7 Å². The van der Waals surface area contributed by atoms with Crippen molar-refractivity contribution >= 4 is 29.0 Å². The standard InChI is InChI=1S/C31H25NO6/c1-15-4-8-20-22-13-21(18-6-9-23-25(12-18)37-14-36-23)26-28(27(22)31(35)38-24(20)10-15)30(34)32(29(26)33)19-7-5-16(2)17(3)11-19/h4-13,21,26-28H,14H2,1-3H3/t21-,26+,27-,28+/m1/s1. The number of allylic oxidation sites excluding steroid dienone is 1. The number of benzene rings is 3. The zero-order valence-corrected chi connectivity index (χ0v) is 21.2. The SMILES string of the molecule is Cc1ccc2c(c1)OC(=O)[C@@H]1C2=C[C@H](c2ccc3c(c2)OCO3)[C@@H]2C(=O)N(c3ccc(C)c(C)c3)C(=O)[C@H]12. The molecule has 3 aliphatic heterocycles. The van der Waals surface area contributed by atoms with Crippen molar-refractivity contribution in [2.24, 2.45) is 17.8 Å². The lowest BCUT2D eigenvalue weighted by Crippen LogP contribution is -2.42. The molecule has 0 unspecified atom stereocenters. The van der Waals surface area contributed by atoms with E-state index in [0.717, 1.165) is 33.4 Å². The number of nitrogens with zero attached hydrogens (tertiary/aromatic N) is 1. The third-order valence-corrected chi connectivity index (χ3v) is 8.28. The maximum absolute atomic E-state index is 14.1. The smallest absolute Gasteiger partial charge is 0.319 e. The Morgan fingerprint density at radius 3 is 2.37 bits per heavy atom. The molecular weight excluding hydrogens is 482 g/mol. The molecule has 7 nitrogen and oxygen atoms in total. The van der Waals surface area contributed by atoms with Gasteiger partial charge in [0, 0.05) is 11.5 Å². The van der Waals surface area contributed by atoms with E-state index < -0.39 is 29.6 Å². The summed E-state index contributed by atoms with van der Waals surface area (Å²) in [6.45, 7) is 6.00. The van der Waals surface area contributed by atoms with Crippen molar-refractivity contribution < 1.29 is 28.6 Å². The van der Waals surface area contributed by atoms with E-state index in [1.807, 2.05) is 75.4 Å². The quantitative estimate of drug-likeness (QED) is 0.280. The van der Waals surface area contributed by atoms with Crippen LogP contribution in [0.1, 0.15) is 33.7 Å². The molecule has 4 aliphatic rings. The van der Waals surface area contributed by atoms with Crippen molar-refractivity contribution in [3.05, 3.63) is 88.5 Å². The third-order valence-electron chi connectivity index (χ3n) is 8.28. The number of ether oxygens (including phenoxy) is 3. The highest BCUT2D eigenvalue weighted by molar-refractivity contribution is 6.24. The molecule has 0 saturated carbocycles. The minimum Gasteiger partial charge on any atom is -0.454 e. The highest BCUT2D eigenvalue weighted by Gasteiger charge is 2.60. The highest BCUT2D eigenvalue weighted by Crippen LogP contribution is 2.55. The monoisotopic (exact) mass is 507 g/mol. The third kappa shape index (κ3) is 3.17. The van der Waals surface area contributed by atoms with E-state index >= 15 is 0 Å². The largest absolute Gasteiger partial charge is 0.454 e. The summed E-state index contributed by atoms with van der Waals surface area (Å²) < 4.78 is 16.9. The van der Waals surface area contributed by atoms with Gasteiger partial charge >= 0.3 is 5.97 Å². The van der Waals surface area contributed by atoms with Crippen molar-refractivity contribution in [1.29, 1.82) is 0 Å². The Kier molecular flexibility index (Phi) is 4.83. The van der Waals surface area contributed by atoms with E-state index in [-0.39, 0.29) is 18.6 Å². The Labute approximate surface area is 219 Å². The van der Waals surface area contributed by atoms with Crippen LogP contribution in [0.2, 0.25) is 0 Å².